The van der Waals surface area contributed by atoms with Gasteiger partial charge >= 0.3 is 5.97 Å². The summed E-state index contributed by atoms with van der Waals surface area (Å²) in [4.78, 5) is 22.9. The first kappa shape index (κ1) is 15.9. The Morgan fingerprint density at radius 3 is 2.47 bits per heavy atom. The van der Waals surface area contributed by atoms with E-state index in [1.165, 1.54) is 7.05 Å². The Balaban J connectivity index is 3.71. The molecule has 100 valence electrons. The summed E-state index contributed by atoms with van der Waals surface area (Å²) < 4.78 is 13.3. The first-order valence-electron chi connectivity index (χ1n) is 6.07. The highest BCUT2D eigenvalue weighted by molar-refractivity contribution is 5.80. The van der Waals surface area contributed by atoms with E-state index in [1.54, 1.807) is 0 Å². The van der Waals surface area contributed by atoms with Crippen molar-refractivity contribution < 1.29 is 19.1 Å². The highest BCUT2D eigenvalue weighted by Crippen LogP contribution is 2.12. The smallest absolute Gasteiger partial charge is 0.323 e. The molecule has 1 N–H and O–H groups in total. The lowest BCUT2D eigenvalue weighted by atomic mass is 10.1. The van der Waals surface area contributed by atoms with Crippen LogP contribution in [0.2, 0.25) is 0 Å². The van der Waals surface area contributed by atoms with Gasteiger partial charge in [0.05, 0.1) is 0 Å². The van der Waals surface area contributed by atoms with Gasteiger partial charge in [-0.05, 0) is 12.8 Å². The fraction of sp³-hybridized carbons (Fsp3) is 0.833. The van der Waals surface area contributed by atoms with Crippen molar-refractivity contribution in [3.05, 3.63) is 0 Å². The summed E-state index contributed by atoms with van der Waals surface area (Å²) in [5.41, 5.74) is 0. The van der Waals surface area contributed by atoms with Crippen molar-refractivity contribution in [3.8, 4) is 0 Å². The van der Waals surface area contributed by atoms with Crippen LogP contribution in [0, 0.1) is 0 Å². The van der Waals surface area contributed by atoms with E-state index in [9.17, 15) is 14.0 Å². The summed E-state index contributed by atoms with van der Waals surface area (Å²) in [5, 5.41) is 8.49. The number of unbranched alkanes of at least 4 members (excludes halogenated alkanes) is 2. The molecular formula is C12H22FNO3. The second-order valence-electron chi connectivity index (χ2n) is 4.28. The number of likely N-dealkylation sites (N-methyl/N-ethyl adjacent to an activating group) is 1. The van der Waals surface area contributed by atoms with Gasteiger partial charge < -0.3 is 10.0 Å². The normalized spacial score (nSPS) is 12.2. The maximum atomic E-state index is 13.3. The van der Waals surface area contributed by atoms with Crippen molar-refractivity contribution >= 4 is 11.9 Å². The molecule has 0 aliphatic heterocycles. The summed E-state index contributed by atoms with van der Waals surface area (Å²) in [5.74, 6) is -1.37. The minimum atomic E-state index is -1.06. The molecule has 17 heavy (non-hydrogen) atoms. The van der Waals surface area contributed by atoms with E-state index < -0.39 is 12.1 Å². The van der Waals surface area contributed by atoms with Crippen LogP contribution in [0.5, 0.6) is 0 Å². The summed E-state index contributed by atoms with van der Waals surface area (Å²) in [7, 11) is 1.42. The molecule has 1 unspecified atom stereocenters. The highest BCUT2D eigenvalue weighted by Gasteiger charge is 2.14. The number of aliphatic carboxylic acids is 1. The van der Waals surface area contributed by atoms with Crippen molar-refractivity contribution in [1.82, 2.24) is 4.90 Å². The maximum Gasteiger partial charge on any atom is 0.323 e. The zero-order valence-corrected chi connectivity index (χ0v) is 10.6. The molecule has 0 aromatic heterocycles. The lowest BCUT2D eigenvalue weighted by molar-refractivity contribution is -0.143. The topological polar surface area (TPSA) is 57.6 Å². The van der Waals surface area contributed by atoms with Crippen LogP contribution in [0.1, 0.15) is 45.4 Å². The standard InChI is InChI=1S/C12H22FNO3/c1-3-4-5-6-10(13)7-8-11(15)14(2)9-12(16)17/h10H,3-9H2,1-2H3,(H,16,17). The largest absolute Gasteiger partial charge is 0.480 e. The average Bonchev–Trinajstić information content (AvgIpc) is 2.25. The number of carbonyl (C=O) groups excluding carboxylic acids is 1. The van der Waals surface area contributed by atoms with Crippen LogP contribution in [-0.2, 0) is 9.59 Å². The molecule has 0 spiro atoms. The minimum absolute atomic E-state index is 0.0804. The Kier molecular flexibility index (Phi) is 8.36. The monoisotopic (exact) mass is 247 g/mol. The fourth-order valence-corrected chi connectivity index (χ4v) is 1.52. The number of carboxylic acid groups (broad SMARTS) is 1. The second-order valence-corrected chi connectivity index (χ2v) is 4.28. The predicted molar refractivity (Wildman–Crippen MR) is 63.5 cm³/mol. The van der Waals surface area contributed by atoms with Gasteiger partial charge in [-0.15, -0.1) is 0 Å². The third kappa shape index (κ3) is 8.65. The van der Waals surface area contributed by atoms with Gasteiger partial charge in [0.25, 0.3) is 0 Å². The molecule has 1 amide bonds. The Morgan fingerprint density at radius 2 is 1.94 bits per heavy atom. The van der Waals surface area contributed by atoms with Crippen molar-refractivity contribution in [3.63, 3.8) is 0 Å². The number of carboxylic acids is 1. The van der Waals surface area contributed by atoms with E-state index in [2.05, 4.69) is 6.92 Å². The summed E-state index contributed by atoms with van der Waals surface area (Å²) in [6.07, 6.45) is 2.70. The van der Waals surface area contributed by atoms with Crippen LogP contribution >= 0.6 is 0 Å². The van der Waals surface area contributed by atoms with Crippen LogP contribution < -0.4 is 0 Å². The second kappa shape index (κ2) is 8.96. The van der Waals surface area contributed by atoms with Crippen LogP contribution in [0.4, 0.5) is 4.39 Å². The summed E-state index contributed by atoms with van der Waals surface area (Å²) in [6, 6.07) is 0. The molecule has 1 atom stereocenters. The average molecular weight is 247 g/mol. The molecule has 0 radical (unpaired) electrons. The minimum Gasteiger partial charge on any atom is -0.480 e. The number of alkyl halides is 1. The summed E-state index contributed by atoms with van der Waals surface area (Å²) >= 11 is 0. The molecule has 0 heterocycles. The lowest BCUT2D eigenvalue weighted by Gasteiger charge is -2.15. The van der Waals surface area contributed by atoms with Crippen molar-refractivity contribution in [1.29, 1.82) is 0 Å². The Morgan fingerprint density at radius 1 is 1.29 bits per heavy atom. The van der Waals surface area contributed by atoms with Gasteiger partial charge in [0.2, 0.25) is 5.91 Å². The van der Waals surface area contributed by atoms with Gasteiger partial charge in [0.15, 0.2) is 0 Å². The van der Waals surface area contributed by atoms with Crippen molar-refractivity contribution in [2.24, 2.45) is 0 Å². The number of carbonyl (C=O) groups is 2. The number of hydrogen-bond acceptors (Lipinski definition) is 2. The lowest BCUT2D eigenvalue weighted by Crippen LogP contribution is -2.32. The van der Waals surface area contributed by atoms with Gasteiger partial charge in [0, 0.05) is 13.5 Å². The molecule has 5 heteroatoms. The fourth-order valence-electron chi connectivity index (χ4n) is 1.52. The zero-order valence-electron chi connectivity index (χ0n) is 10.6. The van der Waals surface area contributed by atoms with E-state index in [0.29, 0.717) is 6.42 Å². The Labute approximate surface area is 102 Å². The molecule has 0 aliphatic carbocycles. The molecule has 0 aromatic rings. The molecule has 4 nitrogen and oxygen atoms in total. The molecule has 0 aromatic carbocycles. The van der Waals surface area contributed by atoms with E-state index in [-0.39, 0.29) is 25.3 Å². The molecular weight excluding hydrogens is 225 g/mol. The molecule has 0 fully saturated rings. The third-order valence-corrected chi connectivity index (χ3v) is 2.59. The number of rotatable bonds is 9. The van der Waals surface area contributed by atoms with Gasteiger partial charge in [-0.3, -0.25) is 9.59 Å². The Hall–Kier alpha value is -1.13. The molecule has 0 aliphatic rings. The molecule has 0 saturated heterocycles. The van der Waals surface area contributed by atoms with Gasteiger partial charge in [0.1, 0.15) is 12.7 Å². The van der Waals surface area contributed by atoms with E-state index in [0.717, 1.165) is 24.2 Å². The SMILES string of the molecule is CCCCCC(F)CCC(=O)N(C)CC(=O)O. The molecule has 0 saturated carbocycles. The third-order valence-electron chi connectivity index (χ3n) is 2.59. The van der Waals surface area contributed by atoms with Crippen molar-refractivity contribution in [2.45, 2.75) is 51.6 Å². The van der Waals surface area contributed by atoms with Crippen LogP contribution in [0.15, 0.2) is 0 Å². The molecule has 0 rings (SSSR count). The summed E-state index contributed by atoms with van der Waals surface area (Å²) in [6.45, 7) is 1.73. The van der Waals surface area contributed by atoms with E-state index >= 15 is 0 Å². The quantitative estimate of drug-likeness (QED) is 0.636. The van der Waals surface area contributed by atoms with E-state index in [4.69, 9.17) is 5.11 Å². The predicted octanol–water partition coefficient (Wildman–Crippen LogP) is 2.23. The number of amides is 1. The first-order valence-corrected chi connectivity index (χ1v) is 6.07. The highest BCUT2D eigenvalue weighted by atomic mass is 19.1. The first-order chi connectivity index (χ1) is 7.97. The van der Waals surface area contributed by atoms with Gasteiger partial charge in [-0.1, -0.05) is 26.2 Å². The van der Waals surface area contributed by atoms with Crippen molar-refractivity contribution in [2.75, 3.05) is 13.6 Å². The maximum absolute atomic E-state index is 13.3. The Bertz CT molecular complexity index is 246. The van der Waals surface area contributed by atoms with Gasteiger partial charge in [-0.2, -0.15) is 0 Å². The van der Waals surface area contributed by atoms with Gasteiger partial charge in [-0.25, -0.2) is 4.39 Å². The van der Waals surface area contributed by atoms with Crippen LogP contribution in [-0.4, -0.2) is 41.6 Å². The number of hydrogen-bond donors (Lipinski definition) is 1. The number of nitrogens with zero attached hydrogens (tertiary/aromatic N) is 1. The molecule has 0 bridgehead atoms. The zero-order chi connectivity index (χ0) is 13.3. The van der Waals surface area contributed by atoms with E-state index in [1.807, 2.05) is 0 Å². The van der Waals surface area contributed by atoms with Crippen LogP contribution in [0.25, 0.3) is 0 Å². The number of halogens is 1. The van der Waals surface area contributed by atoms with Crippen LogP contribution in [0.3, 0.4) is 0 Å².